The summed E-state index contributed by atoms with van der Waals surface area (Å²) in [6.07, 6.45) is 2.17. The van der Waals surface area contributed by atoms with E-state index in [0.29, 0.717) is 17.7 Å². The maximum absolute atomic E-state index is 12.8. The lowest BCUT2D eigenvalue weighted by molar-refractivity contribution is 0.0792. The summed E-state index contributed by atoms with van der Waals surface area (Å²) >= 11 is 3.41. The van der Waals surface area contributed by atoms with E-state index in [9.17, 15) is 9.59 Å². The number of nitrogens with zero attached hydrogens (tertiary/aromatic N) is 1. The number of hydrogen-bond acceptors (Lipinski definition) is 4. The largest absolute Gasteiger partial charge is 0.348 e. The molecule has 30 heavy (non-hydrogen) atoms. The van der Waals surface area contributed by atoms with Crippen LogP contribution in [-0.4, -0.2) is 29.8 Å². The molecule has 2 aromatic carbocycles. The lowest BCUT2D eigenvalue weighted by Crippen LogP contribution is -2.27. The molecule has 0 unspecified atom stereocenters. The molecule has 4 rings (SSSR count). The fraction of sp³-hybridized carbons (Fsp3) is 0.250. The first-order chi connectivity index (χ1) is 14.7. The molecule has 0 spiro atoms. The van der Waals surface area contributed by atoms with E-state index < -0.39 is 0 Å². The van der Waals surface area contributed by atoms with Crippen molar-refractivity contribution in [1.29, 1.82) is 0 Å². The van der Waals surface area contributed by atoms with Crippen molar-refractivity contribution in [3.05, 3.63) is 87.6 Å². The molecule has 4 nitrogen and oxygen atoms in total. The molecule has 2 amide bonds. The van der Waals surface area contributed by atoms with Gasteiger partial charge in [0.05, 0.1) is 5.56 Å². The fourth-order valence-corrected chi connectivity index (χ4v) is 5.29. The molecule has 1 N–H and O–H groups in total. The second-order valence-electron chi connectivity index (χ2n) is 7.24. The Hall–Kier alpha value is -2.57. The van der Waals surface area contributed by atoms with Crippen LogP contribution in [0.1, 0.15) is 44.0 Å². The van der Waals surface area contributed by atoms with Gasteiger partial charge >= 0.3 is 0 Å². The average Bonchev–Trinajstić information content (AvgIpc) is 3.50. The molecule has 1 aliphatic rings. The Morgan fingerprint density at radius 3 is 2.47 bits per heavy atom. The van der Waals surface area contributed by atoms with Crippen LogP contribution in [0.5, 0.6) is 0 Å². The third kappa shape index (κ3) is 5.12. The van der Waals surface area contributed by atoms with Crippen LogP contribution in [0.25, 0.3) is 0 Å². The van der Waals surface area contributed by atoms with Gasteiger partial charge in [0.2, 0.25) is 0 Å². The lowest BCUT2D eigenvalue weighted by Gasteiger charge is -2.15. The Labute approximate surface area is 185 Å². The molecule has 3 aromatic rings. The number of benzene rings is 2. The van der Waals surface area contributed by atoms with E-state index in [1.165, 1.54) is 4.88 Å². The number of rotatable bonds is 7. The SMILES string of the molecule is O=C(NCc1ccc(C(=O)N2CCCC2)cc1)c1ccccc1SCc1cccs1. The molecule has 0 saturated carbocycles. The Bertz CT molecular complexity index is 994. The molecule has 0 radical (unpaired) electrons. The molecule has 1 fully saturated rings. The standard InChI is InChI=1S/C24H24N2O2S2/c27-23(21-7-1-2-8-22(21)30-17-20-6-5-15-29-20)25-16-18-9-11-19(12-10-18)24(28)26-13-3-4-14-26/h1-2,5-12,15H,3-4,13-14,16-17H2,(H,25,27). The van der Waals surface area contributed by atoms with E-state index in [4.69, 9.17) is 0 Å². The van der Waals surface area contributed by atoms with Gasteiger partial charge in [-0.15, -0.1) is 23.1 Å². The number of carbonyl (C=O) groups is 2. The van der Waals surface area contributed by atoms with Crippen molar-refractivity contribution in [2.24, 2.45) is 0 Å². The zero-order valence-electron chi connectivity index (χ0n) is 16.7. The number of likely N-dealkylation sites (tertiary alicyclic amines) is 1. The monoisotopic (exact) mass is 436 g/mol. The zero-order valence-corrected chi connectivity index (χ0v) is 18.3. The Morgan fingerprint density at radius 1 is 0.967 bits per heavy atom. The minimum absolute atomic E-state index is 0.0819. The van der Waals surface area contributed by atoms with Gasteiger partial charge in [-0.05, 0) is 54.1 Å². The van der Waals surface area contributed by atoms with Crippen molar-refractivity contribution in [2.45, 2.75) is 30.0 Å². The number of nitrogens with one attached hydrogen (secondary N) is 1. The van der Waals surface area contributed by atoms with Gasteiger partial charge in [-0.25, -0.2) is 0 Å². The van der Waals surface area contributed by atoms with Gasteiger partial charge in [0.15, 0.2) is 0 Å². The Balaban J connectivity index is 1.35. The van der Waals surface area contributed by atoms with Crippen LogP contribution in [0, 0.1) is 0 Å². The molecular formula is C24H24N2O2S2. The molecule has 2 heterocycles. The maximum Gasteiger partial charge on any atom is 0.253 e. The summed E-state index contributed by atoms with van der Waals surface area (Å²) in [5.74, 6) is 0.871. The van der Waals surface area contributed by atoms with E-state index in [1.807, 2.05) is 59.5 Å². The summed E-state index contributed by atoms with van der Waals surface area (Å²) in [6.45, 7) is 2.13. The van der Waals surface area contributed by atoms with Crippen molar-refractivity contribution in [2.75, 3.05) is 13.1 Å². The van der Waals surface area contributed by atoms with E-state index in [2.05, 4.69) is 16.8 Å². The van der Waals surface area contributed by atoms with Crippen molar-refractivity contribution in [3.8, 4) is 0 Å². The third-order valence-electron chi connectivity index (χ3n) is 5.13. The second-order valence-corrected chi connectivity index (χ2v) is 9.29. The van der Waals surface area contributed by atoms with Gasteiger partial charge in [-0.3, -0.25) is 9.59 Å². The lowest BCUT2D eigenvalue weighted by atomic mass is 10.1. The van der Waals surface area contributed by atoms with Gasteiger partial charge in [0, 0.05) is 40.7 Å². The van der Waals surface area contributed by atoms with Gasteiger partial charge in [0.1, 0.15) is 0 Å². The summed E-state index contributed by atoms with van der Waals surface area (Å²) < 4.78 is 0. The van der Waals surface area contributed by atoms with Crippen LogP contribution in [0.15, 0.2) is 70.9 Å². The topological polar surface area (TPSA) is 49.4 Å². The molecule has 1 aromatic heterocycles. The molecule has 1 saturated heterocycles. The highest BCUT2D eigenvalue weighted by molar-refractivity contribution is 7.98. The van der Waals surface area contributed by atoms with E-state index in [1.54, 1.807) is 23.1 Å². The van der Waals surface area contributed by atoms with Crippen molar-refractivity contribution >= 4 is 34.9 Å². The first-order valence-electron chi connectivity index (χ1n) is 10.1. The van der Waals surface area contributed by atoms with Crippen LogP contribution in [0.2, 0.25) is 0 Å². The van der Waals surface area contributed by atoms with Gasteiger partial charge < -0.3 is 10.2 Å². The predicted octanol–water partition coefficient (Wildman–Crippen LogP) is 5.21. The summed E-state index contributed by atoms with van der Waals surface area (Å²) in [6, 6.07) is 19.4. The Morgan fingerprint density at radius 2 is 1.73 bits per heavy atom. The summed E-state index contributed by atoms with van der Waals surface area (Å²) in [5, 5.41) is 5.08. The average molecular weight is 437 g/mol. The minimum atomic E-state index is -0.0819. The van der Waals surface area contributed by atoms with Crippen LogP contribution in [0.4, 0.5) is 0 Å². The second kappa shape index (κ2) is 9.96. The van der Waals surface area contributed by atoms with Crippen LogP contribution in [0.3, 0.4) is 0 Å². The number of carbonyl (C=O) groups excluding carboxylic acids is 2. The molecule has 0 atom stereocenters. The zero-order chi connectivity index (χ0) is 20.8. The number of hydrogen-bond donors (Lipinski definition) is 1. The van der Waals surface area contributed by atoms with E-state index >= 15 is 0 Å². The predicted molar refractivity (Wildman–Crippen MR) is 123 cm³/mol. The maximum atomic E-state index is 12.8. The minimum Gasteiger partial charge on any atom is -0.348 e. The third-order valence-corrected chi connectivity index (χ3v) is 7.31. The van der Waals surface area contributed by atoms with Crippen molar-refractivity contribution < 1.29 is 9.59 Å². The summed E-state index contributed by atoms with van der Waals surface area (Å²) in [7, 11) is 0. The fourth-order valence-electron chi connectivity index (χ4n) is 3.47. The number of amides is 2. The summed E-state index contributed by atoms with van der Waals surface area (Å²) in [4.78, 5) is 29.4. The van der Waals surface area contributed by atoms with Gasteiger partial charge in [-0.2, -0.15) is 0 Å². The van der Waals surface area contributed by atoms with Crippen LogP contribution < -0.4 is 5.32 Å². The number of thioether (sulfide) groups is 1. The molecule has 6 heteroatoms. The molecule has 0 bridgehead atoms. The Kier molecular flexibility index (Phi) is 6.87. The molecule has 0 aliphatic carbocycles. The molecular weight excluding hydrogens is 412 g/mol. The highest BCUT2D eigenvalue weighted by Crippen LogP contribution is 2.28. The quantitative estimate of drug-likeness (QED) is 0.518. The summed E-state index contributed by atoms with van der Waals surface area (Å²) in [5.41, 5.74) is 2.38. The van der Waals surface area contributed by atoms with Crippen LogP contribution in [-0.2, 0) is 12.3 Å². The molecule has 154 valence electrons. The first-order valence-corrected chi connectivity index (χ1v) is 12.0. The smallest absolute Gasteiger partial charge is 0.253 e. The van der Waals surface area contributed by atoms with E-state index in [0.717, 1.165) is 42.1 Å². The number of thiophene rings is 1. The first kappa shape index (κ1) is 20.7. The highest BCUT2D eigenvalue weighted by atomic mass is 32.2. The molecule has 1 aliphatic heterocycles. The normalized spacial score (nSPS) is 13.4. The highest BCUT2D eigenvalue weighted by Gasteiger charge is 2.19. The van der Waals surface area contributed by atoms with E-state index in [-0.39, 0.29) is 11.8 Å². The van der Waals surface area contributed by atoms with Crippen molar-refractivity contribution in [1.82, 2.24) is 10.2 Å². The van der Waals surface area contributed by atoms with Gasteiger partial charge in [-0.1, -0.05) is 30.3 Å². The van der Waals surface area contributed by atoms with Crippen LogP contribution >= 0.6 is 23.1 Å². The van der Waals surface area contributed by atoms with Crippen molar-refractivity contribution in [3.63, 3.8) is 0 Å². The van der Waals surface area contributed by atoms with Gasteiger partial charge in [0.25, 0.3) is 11.8 Å².